The van der Waals surface area contributed by atoms with E-state index in [1.807, 2.05) is 131 Å². The highest BCUT2D eigenvalue weighted by Crippen LogP contribution is 2.28. The van der Waals surface area contributed by atoms with Gasteiger partial charge in [0.2, 0.25) is 5.89 Å². The van der Waals surface area contributed by atoms with Gasteiger partial charge in [-0.2, -0.15) is 35.7 Å². The van der Waals surface area contributed by atoms with Gasteiger partial charge in [-0.1, -0.05) is 204 Å². The van der Waals surface area contributed by atoms with Gasteiger partial charge in [-0.3, -0.25) is 4.98 Å². The molecule has 1 fully saturated rings. The second kappa shape index (κ2) is 40.9. The van der Waals surface area contributed by atoms with Gasteiger partial charge in [0.05, 0.1) is 11.8 Å². The number of hydrogen-bond acceptors (Lipinski definition) is 19. The summed E-state index contributed by atoms with van der Waals surface area (Å²) in [5.74, 6) is -0.776. The van der Waals surface area contributed by atoms with Gasteiger partial charge in [-0.25, -0.2) is 36.9 Å². The number of pyridine rings is 2. The molecule has 26 heteroatoms. The highest BCUT2D eigenvalue weighted by Gasteiger charge is 2.26. The van der Waals surface area contributed by atoms with Gasteiger partial charge in [0.15, 0.2) is 53.5 Å². The van der Waals surface area contributed by atoms with Crippen LogP contribution in [0.15, 0.2) is 80.6 Å². The number of aryl methyl sites for hydroxylation is 1. The lowest BCUT2D eigenvalue weighted by atomic mass is 9.94. The molecule has 0 saturated carbocycles. The third-order valence-corrected chi connectivity index (χ3v) is 14.7. The van der Waals surface area contributed by atoms with E-state index in [0.29, 0.717) is 34.3 Å². The van der Waals surface area contributed by atoms with Crippen LogP contribution < -0.4 is 0 Å². The van der Waals surface area contributed by atoms with Gasteiger partial charge in [0, 0.05) is 70.0 Å². The monoisotopic (exact) mass is 1410 g/mol. The normalized spacial score (nSPS) is 12.3. The van der Waals surface area contributed by atoms with E-state index in [-0.39, 0.29) is 62.7 Å². The van der Waals surface area contributed by atoms with E-state index < -0.39 is 34.8 Å². The van der Waals surface area contributed by atoms with Crippen LogP contribution in [0.3, 0.4) is 0 Å². The highest BCUT2D eigenvalue weighted by atomic mass is 35.5. The Kier molecular flexibility index (Phi) is 36.4. The minimum absolute atomic E-state index is 0.0231. The van der Waals surface area contributed by atoms with Gasteiger partial charge in [0.1, 0.15) is 33.6 Å². The van der Waals surface area contributed by atoms with E-state index in [1.54, 1.807) is 36.7 Å². The minimum atomic E-state index is -1.36. The number of nitriles is 5. The summed E-state index contributed by atoms with van der Waals surface area (Å²) < 4.78 is 83.3. The minimum Gasteiger partial charge on any atom is -0.433 e. The topological polar surface area (TPSA) is 278 Å². The van der Waals surface area contributed by atoms with Gasteiger partial charge in [0.25, 0.3) is 0 Å². The van der Waals surface area contributed by atoms with E-state index in [2.05, 4.69) is 118 Å². The zero-order chi connectivity index (χ0) is 75.2. The summed E-state index contributed by atoms with van der Waals surface area (Å²) in [6.45, 7) is 47.7. The van der Waals surface area contributed by atoms with Crippen molar-refractivity contribution >= 4 is 34.7 Å². The summed E-state index contributed by atoms with van der Waals surface area (Å²) in [7, 11) is 0. The number of nitrogens with zero attached hydrogens (tertiary/aromatic N) is 15. The number of benzene rings is 2. The summed E-state index contributed by atoms with van der Waals surface area (Å²) in [6.07, 6.45) is 10.3. The Bertz CT molecular complexity index is 3760. The predicted molar refractivity (Wildman–Crippen MR) is 371 cm³/mol. The molecule has 0 amide bonds. The summed E-state index contributed by atoms with van der Waals surface area (Å²) in [6, 6.07) is 18.0. The van der Waals surface area contributed by atoms with Gasteiger partial charge < -0.3 is 18.3 Å². The lowest BCUT2D eigenvalue weighted by molar-refractivity contribution is 0.380. The smallest absolute Gasteiger partial charge is 0.329 e. The van der Waals surface area contributed by atoms with Gasteiger partial charge in [-0.15, -0.1) is 5.10 Å². The first-order valence-electron chi connectivity index (χ1n) is 31.4. The maximum atomic E-state index is 13.3. The number of aromatic nitrogens is 9. The Balaban J connectivity index is 0.000000552. The Labute approximate surface area is 589 Å². The quantitative estimate of drug-likeness (QED) is 0.0670. The fourth-order valence-corrected chi connectivity index (χ4v) is 8.66. The van der Waals surface area contributed by atoms with Crippen LogP contribution in [0.25, 0.3) is 0 Å². The van der Waals surface area contributed by atoms with Crippen molar-refractivity contribution in [3.05, 3.63) is 180 Å². The van der Waals surface area contributed by atoms with Crippen molar-refractivity contribution in [3.63, 3.8) is 0 Å². The van der Waals surface area contributed by atoms with Crippen LogP contribution in [0.5, 0.6) is 0 Å². The summed E-state index contributed by atoms with van der Waals surface area (Å²) in [5.41, 5.74) is 2.23. The molecule has 528 valence electrons. The summed E-state index contributed by atoms with van der Waals surface area (Å²) in [4.78, 5) is 21.7. The molecule has 6 aromatic heterocycles. The zero-order valence-corrected chi connectivity index (χ0v) is 62.8. The molecular weight excluding hydrogens is 1320 g/mol. The second-order valence-corrected chi connectivity index (χ2v) is 29.6. The average Bonchev–Trinajstić information content (AvgIpc) is 1.39. The molecule has 1 unspecified atom stereocenters. The van der Waals surface area contributed by atoms with Crippen molar-refractivity contribution in [2.45, 2.75) is 211 Å². The third kappa shape index (κ3) is 30.8. The number of likely N-dealkylation sites (tertiary alicyclic amines) is 1. The Hall–Kier alpha value is -8.73. The van der Waals surface area contributed by atoms with Crippen molar-refractivity contribution in [3.8, 4) is 30.5 Å². The van der Waals surface area contributed by atoms with Crippen molar-refractivity contribution in [1.29, 1.82) is 26.3 Å². The molecule has 0 radical (unpaired) electrons. The summed E-state index contributed by atoms with van der Waals surface area (Å²) >= 11 is 13.0. The van der Waals surface area contributed by atoms with Crippen molar-refractivity contribution in [1.82, 2.24) is 49.5 Å². The first-order valence-corrected chi connectivity index (χ1v) is 32.9. The third-order valence-electron chi connectivity index (χ3n) is 13.5. The zero-order valence-electron chi connectivity index (χ0n) is 60.4. The van der Waals surface area contributed by atoms with E-state index in [0.717, 1.165) is 52.1 Å². The van der Waals surface area contributed by atoms with Crippen molar-refractivity contribution < 1.29 is 35.3 Å². The van der Waals surface area contributed by atoms with Crippen LogP contribution in [0.2, 0.25) is 10.2 Å². The lowest BCUT2D eigenvalue weighted by Gasteiger charge is -2.12. The van der Waals surface area contributed by atoms with Crippen LogP contribution in [-0.4, -0.2) is 62.6 Å². The fraction of sp³-hybridized carbons (Fsp3) is 0.500. The molecule has 0 spiro atoms. The molecule has 1 saturated heterocycles. The molecule has 98 heavy (non-hydrogen) atoms. The standard InChI is InChI=1S/C10H10FN.C9H8F4.2C8H10ClN.C8H10N2O.C8H14N2.2C7H9N3O.C7H12N2S/c1-7(2)9-5-3-4-8(6-12)10(9)11;1-4(2)7-8(12)5(10)3-6(11)9(7)13;1-6(2)7-5-10-4-3-8(7)9;1-6(2)7-3-4-8(9)10-5-7;1-8(2,3)6-5-10-7(4-9)11-6;1-7(2)8-3-4-10(5-8)6-9;1-7(2,3)6-10-9-5(4-8)11-6;1-7(2,3)6-9-5(4-8)11-10-6;1-5-8-6(9-10-5)7(2,3)4/h3-5,7H,1-2H3;3-4H,1-2H3;2*3-6H,1-2H3;5H,1-3H3;7-8H,3-5H2,1-2H3;2*1-3H3;1-4H3. The van der Waals surface area contributed by atoms with Crippen molar-refractivity contribution in [2.24, 2.45) is 11.8 Å². The number of halogens is 7. The number of oxazole rings is 1. The fourth-order valence-electron chi connectivity index (χ4n) is 7.57. The lowest BCUT2D eigenvalue weighted by Crippen LogP contribution is -2.15. The first kappa shape index (κ1) is 87.3. The van der Waals surface area contributed by atoms with Gasteiger partial charge >= 0.3 is 17.7 Å². The average molecular weight is 1410 g/mol. The molecule has 1 aliphatic heterocycles. The van der Waals surface area contributed by atoms with Gasteiger partial charge in [-0.05, 0) is 95.3 Å². The number of hydrogen-bond donors (Lipinski definition) is 0. The predicted octanol–water partition coefficient (Wildman–Crippen LogP) is 19.8. The van der Waals surface area contributed by atoms with Crippen LogP contribution >= 0.6 is 34.7 Å². The van der Waals surface area contributed by atoms with Crippen molar-refractivity contribution in [2.75, 3.05) is 13.1 Å². The van der Waals surface area contributed by atoms with Crippen LogP contribution in [0, 0.1) is 105 Å². The van der Waals surface area contributed by atoms with E-state index in [4.69, 9.17) is 58.3 Å². The second-order valence-electron chi connectivity index (χ2n) is 27.8. The molecule has 0 aliphatic carbocycles. The Morgan fingerprint density at radius 1 is 0.592 bits per heavy atom. The number of rotatable bonds is 5. The van der Waals surface area contributed by atoms with E-state index in [9.17, 15) is 22.0 Å². The molecule has 7 heterocycles. The maximum absolute atomic E-state index is 13.3. The molecule has 0 N–H and O–H groups in total. The van der Waals surface area contributed by atoms with Crippen LogP contribution in [0.1, 0.15) is 256 Å². The van der Waals surface area contributed by atoms with Crippen LogP contribution in [0.4, 0.5) is 22.0 Å². The molecule has 0 bridgehead atoms. The molecule has 1 aliphatic rings. The van der Waals surface area contributed by atoms with Crippen LogP contribution in [-0.2, 0) is 21.7 Å². The maximum Gasteiger partial charge on any atom is 0.329 e. The molecule has 1 atom stereocenters. The van der Waals surface area contributed by atoms with E-state index >= 15 is 0 Å². The Morgan fingerprint density at radius 3 is 1.50 bits per heavy atom. The Morgan fingerprint density at radius 2 is 1.17 bits per heavy atom. The first-order chi connectivity index (χ1) is 45.4. The largest absolute Gasteiger partial charge is 0.433 e. The highest BCUT2D eigenvalue weighted by molar-refractivity contribution is 7.05. The van der Waals surface area contributed by atoms with E-state index in [1.165, 1.54) is 43.4 Å². The molecule has 8 aromatic rings. The molecule has 2 aromatic carbocycles. The summed E-state index contributed by atoms with van der Waals surface area (Å²) in [5, 5.41) is 55.5. The SMILES string of the molecule is CC(C)(C)c1cnc(C#N)o1.CC(C)(C)c1nnc(C#N)o1.CC(C)(C)c1noc(C#N)n1.CC(C)C1CCN(C#N)C1.CC(C)c1c(F)c(F)cc(F)c1F.CC(C)c1ccc(Cl)nc1.CC(C)c1cccc(C#N)c1F.CC(C)c1cnccc1Cl.Cc1nc(C(C)(C)C)ns1. The molecule has 18 nitrogen and oxygen atoms in total. The molecule has 9 rings (SSSR count). The molecular formula is C72H92Cl2F5N15O3S.